The molecule has 1 atom stereocenters. The minimum Gasteiger partial charge on any atom is -0.504 e. The number of benzene rings is 2. The van der Waals surface area contributed by atoms with Gasteiger partial charge in [-0.3, -0.25) is 0 Å². The average Bonchev–Trinajstić information content (AvgIpc) is 2.50. The van der Waals surface area contributed by atoms with Gasteiger partial charge in [-0.05, 0) is 18.2 Å². The first-order valence-electron chi connectivity index (χ1n) is 6.52. The predicted molar refractivity (Wildman–Crippen MR) is 81.3 cm³/mol. The van der Waals surface area contributed by atoms with Crippen LogP contribution in [0.15, 0.2) is 48.5 Å². The van der Waals surface area contributed by atoms with E-state index in [1.165, 1.54) is 7.11 Å². The molecule has 4 heteroatoms. The second kappa shape index (κ2) is 6.30. The lowest BCUT2D eigenvalue weighted by molar-refractivity contribution is 0.368. The van der Waals surface area contributed by atoms with Crippen molar-refractivity contribution in [2.75, 3.05) is 25.6 Å². The Labute approximate surface area is 119 Å². The first kappa shape index (κ1) is 14.2. The van der Waals surface area contributed by atoms with E-state index in [2.05, 4.69) is 4.90 Å². The van der Waals surface area contributed by atoms with Gasteiger partial charge in [-0.15, -0.1) is 0 Å². The lowest BCUT2D eigenvalue weighted by Gasteiger charge is -2.30. The summed E-state index contributed by atoms with van der Waals surface area (Å²) in [7, 11) is 3.50. The highest BCUT2D eigenvalue weighted by molar-refractivity contribution is 5.53. The van der Waals surface area contributed by atoms with Crippen molar-refractivity contribution in [1.82, 2.24) is 0 Å². The fourth-order valence-electron chi connectivity index (χ4n) is 2.31. The highest BCUT2D eigenvalue weighted by Gasteiger charge is 2.21. The molecule has 0 saturated heterocycles. The van der Waals surface area contributed by atoms with Crippen molar-refractivity contribution in [2.45, 2.75) is 6.04 Å². The van der Waals surface area contributed by atoms with Crippen molar-refractivity contribution in [3.05, 3.63) is 54.1 Å². The van der Waals surface area contributed by atoms with Gasteiger partial charge in [-0.1, -0.05) is 30.3 Å². The van der Waals surface area contributed by atoms with Crippen LogP contribution in [0, 0.1) is 0 Å². The predicted octanol–water partition coefficient (Wildman–Crippen LogP) is 2.54. The molecule has 0 saturated carbocycles. The summed E-state index contributed by atoms with van der Waals surface area (Å²) < 4.78 is 5.16. The number of hydrogen-bond acceptors (Lipinski definition) is 4. The fourth-order valence-corrected chi connectivity index (χ4v) is 2.31. The largest absolute Gasteiger partial charge is 0.504 e. The second-order valence-corrected chi connectivity index (χ2v) is 4.60. The van der Waals surface area contributed by atoms with E-state index in [1.54, 1.807) is 6.07 Å². The Kier molecular flexibility index (Phi) is 4.48. The van der Waals surface area contributed by atoms with Crippen LogP contribution in [0.3, 0.4) is 0 Å². The minimum atomic E-state index is -0.118. The van der Waals surface area contributed by atoms with Gasteiger partial charge in [-0.25, -0.2) is 0 Å². The van der Waals surface area contributed by atoms with E-state index in [1.807, 2.05) is 49.5 Å². The zero-order valence-corrected chi connectivity index (χ0v) is 11.8. The Hall–Kier alpha value is -2.20. The van der Waals surface area contributed by atoms with Crippen molar-refractivity contribution < 1.29 is 9.84 Å². The molecular formula is C16H20N2O2. The molecule has 0 aromatic heterocycles. The number of phenolic OH excluding ortho intramolecular Hbond substituents is 1. The van der Waals surface area contributed by atoms with Crippen LogP contribution in [0.25, 0.3) is 0 Å². The van der Waals surface area contributed by atoms with E-state index in [9.17, 15) is 5.11 Å². The first-order chi connectivity index (χ1) is 9.69. The van der Waals surface area contributed by atoms with Crippen LogP contribution in [0.5, 0.6) is 11.5 Å². The Morgan fingerprint density at radius 3 is 2.45 bits per heavy atom. The summed E-state index contributed by atoms with van der Waals surface area (Å²) in [6.07, 6.45) is 0. The molecule has 0 aliphatic carbocycles. The Balaban J connectivity index is 2.38. The van der Waals surface area contributed by atoms with Crippen molar-refractivity contribution in [3.8, 4) is 11.5 Å². The van der Waals surface area contributed by atoms with E-state index in [-0.39, 0.29) is 11.8 Å². The van der Waals surface area contributed by atoms with Crippen LogP contribution in [0.4, 0.5) is 5.69 Å². The molecule has 4 nitrogen and oxygen atoms in total. The molecule has 0 heterocycles. The average molecular weight is 272 g/mol. The summed E-state index contributed by atoms with van der Waals surface area (Å²) in [5.41, 5.74) is 7.72. The van der Waals surface area contributed by atoms with Crippen LogP contribution in [0.2, 0.25) is 0 Å². The minimum absolute atomic E-state index is 0.118. The van der Waals surface area contributed by atoms with Gasteiger partial charge in [0.15, 0.2) is 11.5 Å². The van der Waals surface area contributed by atoms with Crippen molar-refractivity contribution in [1.29, 1.82) is 0 Å². The zero-order chi connectivity index (χ0) is 14.5. The third kappa shape index (κ3) is 2.70. The maximum atomic E-state index is 10.3. The molecule has 106 valence electrons. The Morgan fingerprint density at radius 1 is 1.15 bits per heavy atom. The van der Waals surface area contributed by atoms with Crippen LogP contribution in [-0.2, 0) is 0 Å². The number of anilines is 1. The van der Waals surface area contributed by atoms with E-state index < -0.39 is 0 Å². The molecular weight excluding hydrogens is 252 g/mol. The number of nitrogens with zero attached hydrogens (tertiary/aromatic N) is 1. The molecule has 0 spiro atoms. The monoisotopic (exact) mass is 272 g/mol. The van der Waals surface area contributed by atoms with Gasteiger partial charge >= 0.3 is 0 Å². The third-order valence-electron chi connectivity index (χ3n) is 3.46. The van der Waals surface area contributed by atoms with Gasteiger partial charge < -0.3 is 20.5 Å². The summed E-state index contributed by atoms with van der Waals surface area (Å²) in [6.45, 7) is 0.395. The molecule has 2 rings (SSSR count). The van der Waals surface area contributed by atoms with Gasteiger partial charge in [0.2, 0.25) is 0 Å². The smallest absolute Gasteiger partial charge is 0.163 e. The molecule has 3 N–H and O–H groups in total. The maximum Gasteiger partial charge on any atom is 0.163 e. The van der Waals surface area contributed by atoms with Crippen LogP contribution in [-0.4, -0.2) is 25.8 Å². The van der Waals surface area contributed by atoms with Crippen LogP contribution in [0.1, 0.15) is 11.6 Å². The summed E-state index contributed by atoms with van der Waals surface area (Å²) in [5, 5.41) is 10.3. The topological polar surface area (TPSA) is 58.7 Å². The SMILES string of the molecule is COc1cccc(C(CN)N(C)c2ccccc2)c1O. The van der Waals surface area contributed by atoms with Gasteiger partial charge in [0.1, 0.15) is 0 Å². The normalized spacial score (nSPS) is 11.9. The number of likely N-dealkylation sites (N-methyl/N-ethyl adjacent to an activating group) is 1. The van der Waals surface area contributed by atoms with Crippen molar-refractivity contribution >= 4 is 5.69 Å². The molecule has 0 radical (unpaired) electrons. The number of rotatable bonds is 5. The number of phenols is 1. The molecule has 0 aliphatic heterocycles. The first-order valence-corrected chi connectivity index (χ1v) is 6.52. The number of para-hydroxylation sites is 2. The van der Waals surface area contributed by atoms with Crippen molar-refractivity contribution in [3.63, 3.8) is 0 Å². The molecule has 2 aromatic carbocycles. The summed E-state index contributed by atoms with van der Waals surface area (Å²) >= 11 is 0. The van der Waals surface area contributed by atoms with E-state index in [0.717, 1.165) is 11.3 Å². The number of aromatic hydroxyl groups is 1. The molecule has 0 aliphatic rings. The van der Waals surface area contributed by atoms with E-state index in [4.69, 9.17) is 10.5 Å². The Bertz CT molecular complexity index is 558. The summed E-state index contributed by atoms with van der Waals surface area (Å²) in [6, 6.07) is 15.3. The lowest BCUT2D eigenvalue weighted by atomic mass is 10.0. The quantitative estimate of drug-likeness (QED) is 0.878. The highest BCUT2D eigenvalue weighted by Crippen LogP contribution is 2.36. The molecule has 20 heavy (non-hydrogen) atoms. The number of hydrogen-bond donors (Lipinski definition) is 2. The maximum absolute atomic E-state index is 10.3. The molecule has 1 unspecified atom stereocenters. The third-order valence-corrected chi connectivity index (χ3v) is 3.46. The van der Waals surface area contributed by atoms with E-state index >= 15 is 0 Å². The number of ether oxygens (including phenoxy) is 1. The zero-order valence-electron chi connectivity index (χ0n) is 11.8. The number of methoxy groups -OCH3 is 1. The summed E-state index contributed by atoms with van der Waals surface area (Å²) in [5.74, 6) is 0.607. The van der Waals surface area contributed by atoms with E-state index in [0.29, 0.717) is 12.3 Å². The van der Waals surface area contributed by atoms with Gasteiger partial charge in [0.05, 0.1) is 13.2 Å². The lowest BCUT2D eigenvalue weighted by Crippen LogP contribution is -2.30. The standard InChI is InChI=1S/C16H20N2O2/c1-18(12-7-4-3-5-8-12)14(11-17)13-9-6-10-15(20-2)16(13)19/h3-10,14,19H,11,17H2,1-2H3. The van der Waals surface area contributed by atoms with Gasteiger partial charge in [-0.2, -0.15) is 0 Å². The molecule has 0 amide bonds. The number of nitrogens with two attached hydrogens (primary N) is 1. The summed E-state index contributed by atoms with van der Waals surface area (Å²) in [4.78, 5) is 2.05. The van der Waals surface area contributed by atoms with Crippen LogP contribution < -0.4 is 15.4 Å². The van der Waals surface area contributed by atoms with Gasteiger partial charge in [0.25, 0.3) is 0 Å². The molecule has 0 fully saturated rings. The highest BCUT2D eigenvalue weighted by atomic mass is 16.5. The molecule has 2 aromatic rings. The molecule has 0 bridgehead atoms. The Morgan fingerprint density at radius 2 is 1.85 bits per heavy atom. The fraction of sp³-hybridized carbons (Fsp3) is 0.250. The second-order valence-electron chi connectivity index (χ2n) is 4.60. The van der Waals surface area contributed by atoms with Crippen molar-refractivity contribution in [2.24, 2.45) is 5.73 Å². The van der Waals surface area contributed by atoms with Crippen LogP contribution >= 0.6 is 0 Å². The van der Waals surface area contributed by atoms with Gasteiger partial charge in [0, 0.05) is 24.8 Å².